The van der Waals surface area contributed by atoms with E-state index >= 15 is 0 Å². The van der Waals surface area contributed by atoms with Gasteiger partial charge >= 0.3 is 0 Å². The summed E-state index contributed by atoms with van der Waals surface area (Å²) in [6.07, 6.45) is 6.79. The molecule has 0 N–H and O–H groups in total. The zero-order valence-corrected chi connectivity index (χ0v) is 8.90. The van der Waals surface area contributed by atoms with Crippen LogP contribution in [0.2, 0.25) is 0 Å². The van der Waals surface area contributed by atoms with Gasteiger partial charge in [-0.15, -0.1) is 0 Å². The minimum Gasteiger partial charge on any atom is -0.0625 e. The van der Waals surface area contributed by atoms with Gasteiger partial charge in [0, 0.05) is 5.92 Å². The maximum Gasteiger partial charge on any atom is 0.108 e. The summed E-state index contributed by atoms with van der Waals surface area (Å²) in [4.78, 5) is 0. The summed E-state index contributed by atoms with van der Waals surface area (Å²) < 4.78 is 0. The van der Waals surface area contributed by atoms with Crippen LogP contribution in [0.5, 0.6) is 0 Å². The van der Waals surface area contributed by atoms with Crippen LogP contribution in [0.1, 0.15) is 33.1 Å². The van der Waals surface area contributed by atoms with E-state index < -0.39 is 0 Å². The van der Waals surface area contributed by atoms with Crippen LogP contribution in [-0.2, 0) is 11.8 Å². The Labute approximate surface area is 75.1 Å². The minimum absolute atomic E-state index is 0.925. The lowest BCUT2D eigenvalue weighted by Gasteiger charge is -2.12. The van der Waals surface area contributed by atoms with Gasteiger partial charge in [0.05, 0.1) is 6.26 Å². The second kappa shape index (κ2) is 4.39. The molecule has 0 nitrogen and oxygen atoms in total. The molecule has 11 heavy (non-hydrogen) atoms. The fourth-order valence-corrected chi connectivity index (χ4v) is 2.99. The predicted molar refractivity (Wildman–Crippen MR) is 55.2 cm³/mol. The lowest BCUT2D eigenvalue weighted by atomic mass is 9.94. The molecule has 2 atom stereocenters. The molecule has 0 spiro atoms. The average molecular weight is 173 g/mol. The third-order valence-electron chi connectivity index (χ3n) is 2.97. The molecule has 0 aliphatic heterocycles. The summed E-state index contributed by atoms with van der Waals surface area (Å²) in [6, 6.07) is 0. The van der Waals surface area contributed by atoms with Gasteiger partial charge in [-0.3, -0.25) is 0 Å². The molecule has 0 aromatic carbocycles. The Bertz CT molecular complexity index is 109. The molecule has 66 valence electrons. The molecule has 0 amide bonds. The number of rotatable bonds is 3. The van der Waals surface area contributed by atoms with E-state index in [-0.39, 0.29) is 0 Å². The van der Waals surface area contributed by atoms with Crippen molar-refractivity contribution in [3.8, 4) is 0 Å². The fourth-order valence-electron chi connectivity index (χ4n) is 2.14. The summed E-state index contributed by atoms with van der Waals surface area (Å²) in [5.41, 5.74) is 0. The second-order valence-electron chi connectivity index (χ2n) is 4.18. The van der Waals surface area contributed by atoms with E-state index in [1.54, 1.807) is 11.8 Å². The van der Waals surface area contributed by atoms with Gasteiger partial charge < -0.3 is 0 Å². The van der Waals surface area contributed by atoms with E-state index in [1.807, 2.05) is 0 Å². The van der Waals surface area contributed by atoms with Gasteiger partial charge in [-0.05, 0) is 42.9 Å². The smallest absolute Gasteiger partial charge is 0.0625 e. The zero-order chi connectivity index (χ0) is 8.27. The van der Waals surface area contributed by atoms with Crippen molar-refractivity contribution < 1.29 is 0 Å². The van der Waals surface area contributed by atoms with Crippen LogP contribution in [0.4, 0.5) is 0 Å². The van der Waals surface area contributed by atoms with Gasteiger partial charge in [-0.1, -0.05) is 13.8 Å². The fraction of sp³-hybridized carbons (Fsp3) is 1.00. The molecule has 1 saturated carbocycles. The first-order chi connectivity index (χ1) is 5.24. The first kappa shape index (κ1) is 9.44. The predicted octanol–water partition coefficient (Wildman–Crippen LogP) is 2.50. The van der Waals surface area contributed by atoms with Crippen molar-refractivity contribution in [2.24, 2.45) is 17.8 Å². The topological polar surface area (TPSA) is 0 Å². The molecule has 1 heteroatoms. The monoisotopic (exact) mass is 173 g/mol. The number of thiol groups is 1. The summed E-state index contributed by atoms with van der Waals surface area (Å²) in [7, 11) is 0. The highest BCUT2D eigenvalue weighted by atomic mass is 32.2. The average Bonchev–Trinajstić information content (AvgIpc) is 2.37. The Morgan fingerprint density at radius 1 is 1.36 bits per heavy atom. The molecule has 1 rings (SSSR count). The van der Waals surface area contributed by atoms with E-state index in [1.165, 1.54) is 25.0 Å². The van der Waals surface area contributed by atoms with Crippen LogP contribution in [0, 0.1) is 17.8 Å². The minimum atomic E-state index is 0.925. The lowest BCUT2D eigenvalue weighted by Crippen LogP contribution is -2.06. The Morgan fingerprint density at radius 2 is 2.09 bits per heavy atom. The van der Waals surface area contributed by atoms with Crippen LogP contribution in [-0.4, -0.2) is 12.0 Å². The third-order valence-corrected chi connectivity index (χ3v) is 3.85. The van der Waals surface area contributed by atoms with Gasteiger partial charge in [-0.25, -0.2) is 0 Å². The maximum absolute atomic E-state index is 2.37. The van der Waals surface area contributed by atoms with E-state index in [4.69, 9.17) is 0 Å². The lowest BCUT2D eigenvalue weighted by molar-refractivity contribution is 0.385. The zero-order valence-electron chi connectivity index (χ0n) is 8.01. The highest BCUT2D eigenvalue weighted by molar-refractivity contribution is 7.77. The molecular formula is C10H21S+. The van der Waals surface area contributed by atoms with Crippen molar-refractivity contribution >= 4 is 11.8 Å². The largest absolute Gasteiger partial charge is 0.108 e. The van der Waals surface area contributed by atoms with Gasteiger partial charge in [0.15, 0.2) is 0 Å². The van der Waals surface area contributed by atoms with Crippen molar-refractivity contribution in [3.05, 3.63) is 0 Å². The summed E-state index contributed by atoms with van der Waals surface area (Å²) in [6.45, 7) is 4.74. The van der Waals surface area contributed by atoms with Crippen LogP contribution in [0.25, 0.3) is 0 Å². The van der Waals surface area contributed by atoms with Crippen molar-refractivity contribution in [1.29, 1.82) is 0 Å². The molecule has 1 fully saturated rings. The SMILES string of the molecule is C[SH+]CC1CCC(C(C)C)C1. The Hall–Kier alpha value is 0.350. The first-order valence-electron chi connectivity index (χ1n) is 4.79. The quantitative estimate of drug-likeness (QED) is 0.454. The summed E-state index contributed by atoms with van der Waals surface area (Å²) in [5, 5.41) is 0. The molecule has 0 radical (unpaired) electrons. The maximum atomic E-state index is 2.37. The van der Waals surface area contributed by atoms with Crippen molar-refractivity contribution in [2.45, 2.75) is 33.1 Å². The van der Waals surface area contributed by atoms with Crippen molar-refractivity contribution in [1.82, 2.24) is 0 Å². The second-order valence-corrected chi connectivity index (χ2v) is 5.18. The van der Waals surface area contributed by atoms with E-state index in [2.05, 4.69) is 20.1 Å². The molecule has 0 aromatic heterocycles. The van der Waals surface area contributed by atoms with E-state index in [0.29, 0.717) is 0 Å². The number of hydrogen-bond donors (Lipinski definition) is 0. The molecule has 0 saturated heterocycles. The Kier molecular flexibility index (Phi) is 3.77. The van der Waals surface area contributed by atoms with Gasteiger partial charge in [0.25, 0.3) is 0 Å². The molecular weight excluding hydrogens is 152 g/mol. The normalized spacial score (nSPS) is 31.6. The highest BCUT2D eigenvalue weighted by Gasteiger charge is 2.27. The number of hydrogen-bond acceptors (Lipinski definition) is 0. The molecule has 2 unspecified atom stereocenters. The van der Waals surface area contributed by atoms with Crippen LogP contribution < -0.4 is 0 Å². The van der Waals surface area contributed by atoms with E-state index in [9.17, 15) is 0 Å². The van der Waals surface area contributed by atoms with Crippen LogP contribution >= 0.6 is 0 Å². The molecule has 0 bridgehead atoms. The summed E-state index contributed by atoms with van der Waals surface area (Å²) in [5.74, 6) is 4.48. The first-order valence-corrected chi connectivity index (χ1v) is 6.32. The standard InChI is InChI=1S/C10H20S/c1-8(2)10-5-4-9(6-10)7-11-3/h8-10H,4-7H2,1-3H3/p+1. The molecule has 0 aromatic rings. The van der Waals surface area contributed by atoms with Gasteiger partial charge in [0.2, 0.25) is 0 Å². The van der Waals surface area contributed by atoms with Crippen LogP contribution in [0.15, 0.2) is 0 Å². The molecule has 0 heterocycles. The van der Waals surface area contributed by atoms with E-state index in [0.717, 1.165) is 17.8 Å². The van der Waals surface area contributed by atoms with Crippen LogP contribution in [0.3, 0.4) is 0 Å². The van der Waals surface area contributed by atoms with Gasteiger partial charge in [0.1, 0.15) is 5.75 Å². The highest BCUT2D eigenvalue weighted by Crippen LogP contribution is 2.35. The van der Waals surface area contributed by atoms with Crippen molar-refractivity contribution in [3.63, 3.8) is 0 Å². The summed E-state index contributed by atoms with van der Waals surface area (Å²) >= 11 is 1.59. The van der Waals surface area contributed by atoms with Gasteiger partial charge in [-0.2, -0.15) is 0 Å². The van der Waals surface area contributed by atoms with Crippen molar-refractivity contribution in [2.75, 3.05) is 12.0 Å². The Balaban J connectivity index is 2.23. The Morgan fingerprint density at radius 3 is 2.55 bits per heavy atom. The third kappa shape index (κ3) is 2.70. The molecule has 1 aliphatic carbocycles. The molecule has 1 aliphatic rings.